The SMILES string of the molecule is Cc1cc(Br)c(S(=O)(=O)N2C[C@@H](C)C[C@H](C)C2)cc1C. The highest BCUT2D eigenvalue weighted by molar-refractivity contribution is 9.10. The molecule has 0 aliphatic carbocycles. The molecule has 0 amide bonds. The third kappa shape index (κ3) is 3.10. The monoisotopic (exact) mass is 359 g/mol. The van der Waals surface area contributed by atoms with Crippen molar-refractivity contribution in [3.05, 3.63) is 27.7 Å². The minimum absolute atomic E-state index is 0.391. The van der Waals surface area contributed by atoms with Crippen LogP contribution in [0.3, 0.4) is 0 Å². The molecule has 1 aliphatic heterocycles. The molecule has 1 heterocycles. The summed E-state index contributed by atoms with van der Waals surface area (Å²) in [6.45, 7) is 9.41. The Kier molecular flexibility index (Phi) is 4.62. The lowest BCUT2D eigenvalue weighted by atomic mass is 9.94. The molecule has 1 saturated heterocycles. The highest BCUT2D eigenvalue weighted by Gasteiger charge is 2.32. The second kappa shape index (κ2) is 5.78. The molecule has 0 aromatic heterocycles. The summed E-state index contributed by atoms with van der Waals surface area (Å²) in [4.78, 5) is 0.391. The molecule has 2 rings (SSSR count). The van der Waals surface area contributed by atoms with Crippen LogP contribution in [0.4, 0.5) is 0 Å². The Bertz CT molecular complexity index is 603. The van der Waals surface area contributed by atoms with E-state index in [1.807, 2.05) is 19.9 Å². The van der Waals surface area contributed by atoms with Crippen molar-refractivity contribution in [2.24, 2.45) is 11.8 Å². The molecular weight excluding hydrogens is 338 g/mol. The predicted octanol–water partition coefficient (Wildman–Crippen LogP) is 3.73. The highest BCUT2D eigenvalue weighted by Crippen LogP contribution is 2.31. The Morgan fingerprint density at radius 2 is 1.60 bits per heavy atom. The molecule has 1 aliphatic rings. The van der Waals surface area contributed by atoms with Crippen LogP contribution in [-0.2, 0) is 10.0 Å². The first kappa shape index (κ1) is 16.0. The van der Waals surface area contributed by atoms with Crippen LogP contribution in [0.2, 0.25) is 0 Å². The van der Waals surface area contributed by atoms with Crippen molar-refractivity contribution in [3.8, 4) is 0 Å². The fourth-order valence-corrected chi connectivity index (χ4v) is 5.78. The number of aryl methyl sites for hydroxylation is 2. The fraction of sp³-hybridized carbons (Fsp3) is 0.600. The van der Waals surface area contributed by atoms with Crippen molar-refractivity contribution < 1.29 is 8.42 Å². The Morgan fingerprint density at radius 1 is 1.10 bits per heavy atom. The van der Waals surface area contributed by atoms with E-state index in [1.165, 1.54) is 0 Å². The van der Waals surface area contributed by atoms with Gasteiger partial charge in [-0.3, -0.25) is 0 Å². The lowest BCUT2D eigenvalue weighted by Crippen LogP contribution is -2.42. The third-order valence-corrected chi connectivity index (χ3v) is 6.79. The van der Waals surface area contributed by atoms with E-state index < -0.39 is 10.0 Å². The minimum atomic E-state index is -3.41. The number of hydrogen-bond acceptors (Lipinski definition) is 2. The molecule has 0 saturated carbocycles. The van der Waals surface area contributed by atoms with Gasteiger partial charge in [-0.05, 0) is 71.3 Å². The standard InChI is InChI=1S/C15H22BrNO2S/c1-10-5-11(2)9-17(8-10)20(18,19)15-7-13(4)12(3)6-14(15)16/h6-7,10-11H,5,8-9H2,1-4H3/t10-,11-/m0/s1. The van der Waals surface area contributed by atoms with Crippen LogP contribution in [0.25, 0.3) is 0 Å². The summed E-state index contributed by atoms with van der Waals surface area (Å²) in [6, 6.07) is 3.66. The van der Waals surface area contributed by atoms with Crippen molar-refractivity contribution in [2.75, 3.05) is 13.1 Å². The first-order chi connectivity index (χ1) is 9.21. The number of halogens is 1. The van der Waals surface area contributed by atoms with Crippen molar-refractivity contribution in [2.45, 2.75) is 39.0 Å². The zero-order chi connectivity index (χ0) is 15.1. The lowest BCUT2D eigenvalue weighted by molar-refractivity contribution is 0.222. The van der Waals surface area contributed by atoms with Crippen molar-refractivity contribution in [1.29, 1.82) is 0 Å². The van der Waals surface area contributed by atoms with Gasteiger partial charge in [0.2, 0.25) is 10.0 Å². The van der Waals surface area contributed by atoms with Gasteiger partial charge in [-0.1, -0.05) is 13.8 Å². The number of nitrogens with zero attached hydrogens (tertiary/aromatic N) is 1. The van der Waals surface area contributed by atoms with Crippen LogP contribution in [0.5, 0.6) is 0 Å². The molecule has 0 N–H and O–H groups in total. The molecule has 5 heteroatoms. The molecule has 0 bridgehead atoms. The third-order valence-electron chi connectivity index (χ3n) is 4.00. The largest absolute Gasteiger partial charge is 0.244 e. The number of benzene rings is 1. The summed E-state index contributed by atoms with van der Waals surface area (Å²) in [5, 5.41) is 0. The van der Waals surface area contributed by atoms with Crippen LogP contribution in [0.15, 0.2) is 21.5 Å². The van der Waals surface area contributed by atoms with Crippen molar-refractivity contribution in [1.82, 2.24) is 4.31 Å². The van der Waals surface area contributed by atoms with Crippen LogP contribution in [-0.4, -0.2) is 25.8 Å². The molecule has 2 atom stereocenters. The van der Waals surface area contributed by atoms with Gasteiger partial charge < -0.3 is 0 Å². The zero-order valence-corrected chi connectivity index (χ0v) is 14.9. The van der Waals surface area contributed by atoms with Gasteiger partial charge in [0.15, 0.2) is 0 Å². The maximum absolute atomic E-state index is 12.9. The van der Waals surface area contributed by atoms with Gasteiger partial charge >= 0.3 is 0 Å². The Labute approximate surface area is 130 Å². The molecule has 1 aromatic carbocycles. The van der Waals surface area contributed by atoms with E-state index in [-0.39, 0.29) is 0 Å². The number of piperidine rings is 1. The summed E-state index contributed by atoms with van der Waals surface area (Å²) in [5.74, 6) is 0.831. The number of rotatable bonds is 2. The molecule has 0 spiro atoms. The van der Waals surface area contributed by atoms with E-state index >= 15 is 0 Å². The first-order valence-corrected chi connectivity index (χ1v) is 9.22. The summed E-state index contributed by atoms with van der Waals surface area (Å²) >= 11 is 3.41. The molecule has 0 radical (unpaired) electrons. The van der Waals surface area contributed by atoms with Gasteiger partial charge in [-0.25, -0.2) is 8.42 Å². The van der Waals surface area contributed by atoms with Gasteiger partial charge in [-0.2, -0.15) is 4.31 Å². The molecule has 1 fully saturated rings. The number of sulfonamides is 1. The second-order valence-electron chi connectivity index (χ2n) is 6.13. The van der Waals surface area contributed by atoms with Gasteiger partial charge in [0, 0.05) is 17.6 Å². The van der Waals surface area contributed by atoms with Gasteiger partial charge in [0.05, 0.1) is 4.90 Å². The van der Waals surface area contributed by atoms with Crippen LogP contribution < -0.4 is 0 Å². The summed E-state index contributed by atoms with van der Waals surface area (Å²) in [7, 11) is -3.41. The van der Waals surface area contributed by atoms with E-state index in [9.17, 15) is 8.42 Å². The fourth-order valence-electron chi connectivity index (χ4n) is 2.89. The van der Waals surface area contributed by atoms with Crippen LogP contribution >= 0.6 is 15.9 Å². The van der Waals surface area contributed by atoms with Crippen molar-refractivity contribution >= 4 is 26.0 Å². The van der Waals surface area contributed by atoms with E-state index in [0.717, 1.165) is 17.5 Å². The zero-order valence-electron chi connectivity index (χ0n) is 12.5. The average molecular weight is 360 g/mol. The number of hydrogen-bond donors (Lipinski definition) is 0. The van der Waals surface area contributed by atoms with Gasteiger partial charge in [0.1, 0.15) is 0 Å². The smallest absolute Gasteiger partial charge is 0.207 e. The minimum Gasteiger partial charge on any atom is -0.207 e. The molecule has 3 nitrogen and oxygen atoms in total. The van der Waals surface area contributed by atoms with Crippen molar-refractivity contribution in [3.63, 3.8) is 0 Å². The van der Waals surface area contributed by atoms with Gasteiger partial charge in [-0.15, -0.1) is 0 Å². The molecule has 1 aromatic rings. The highest BCUT2D eigenvalue weighted by atomic mass is 79.9. The summed E-state index contributed by atoms with van der Waals surface area (Å²) in [6.07, 6.45) is 1.10. The normalized spacial score (nSPS) is 24.9. The Morgan fingerprint density at radius 3 is 2.15 bits per heavy atom. The maximum Gasteiger partial charge on any atom is 0.244 e. The Hall–Kier alpha value is -0.390. The lowest BCUT2D eigenvalue weighted by Gasteiger charge is -2.34. The predicted molar refractivity (Wildman–Crippen MR) is 85.3 cm³/mol. The molecule has 0 unspecified atom stereocenters. The summed E-state index contributed by atoms with van der Waals surface area (Å²) in [5.41, 5.74) is 2.10. The maximum atomic E-state index is 12.9. The van der Waals surface area contributed by atoms with E-state index in [2.05, 4.69) is 29.8 Å². The quantitative estimate of drug-likeness (QED) is 0.806. The molecular formula is C15H22BrNO2S. The van der Waals surface area contributed by atoms with Gasteiger partial charge in [0.25, 0.3) is 0 Å². The molecule has 112 valence electrons. The second-order valence-corrected chi connectivity index (χ2v) is 8.90. The van der Waals surface area contributed by atoms with E-state index in [0.29, 0.717) is 34.3 Å². The average Bonchev–Trinajstić information content (AvgIpc) is 2.32. The van der Waals surface area contributed by atoms with Crippen LogP contribution in [0.1, 0.15) is 31.4 Å². The summed E-state index contributed by atoms with van der Waals surface area (Å²) < 4.78 is 28.0. The first-order valence-electron chi connectivity index (χ1n) is 6.98. The van der Waals surface area contributed by atoms with E-state index in [1.54, 1.807) is 10.4 Å². The topological polar surface area (TPSA) is 37.4 Å². The Balaban J connectivity index is 2.42. The molecule has 20 heavy (non-hydrogen) atoms. The van der Waals surface area contributed by atoms with E-state index in [4.69, 9.17) is 0 Å². The van der Waals surface area contributed by atoms with Crippen LogP contribution in [0, 0.1) is 25.7 Å².